The molecule has 3 heterocycles. The van der Waals surface area contributed by atoms with Gasteiger partial charge in [-0.3, -0.25) is 14.9 Å². The highest BCUT2D eigenvalue weighted by atomic mass is 32.2. The number of thioether (sulfide) groups is 1. The zero-order chi connectivity index (χ0) is 19.7. The lowest BCUT2D eigenvalue weighted by Crippen LogP contribution is -2.55. The molecule has 0 radical (unpaired) electrons. The zero-order valence-electron chi connectivity index (χ0n) is 15.4. The largest absolute Gasteiger partial charge is 0.338 e. The monoisotopic (exact) mass is 416 g/mol. The molecule has 146 valence electrons. The predicted molar refractivity (Wildman–Crippen MR) is 107 cm³/mol. The van der Waals surface area contributed by atoms with Gasteiger partial charge in [-0.2, -0.15) is 0 Å². The molecule has 28 heavy (non-hydrogen) atoms. The lowest BCUT2D eigenvalue weighted by atomic mass is 9.87. The second kappa shape index (κ2) is 7.56. The van der Waals surface area contributed by atoms with Crippen molar-refractivity contribution in [3.63, 3.8) is 0 Å². The molecule has 0 bridgehead atoms. The molecule has 4 amide bonds. The smallest absolute Gasteiger partial charge is 0.322 e. The van der Waals surface area contributed by atoms with Crippen LogP contribution in [0.2, 0.25) is 0 Å². The van der Waals surface area contributed by atoms with E-state index in [2.05, 4.69) is 15.6 Å². The first-order valence-electron chi connectivity index (χ1n) is 9.02. The van der Waals surface area contributed by atoms with Crippen molar-refractivity contribution >= 4 is 40.9 Å². The van der Waals surface area contributed by atoms with Crippen LogP contribution in [0.25, 0.3) is 0 Å². The fourth-order valence-electron chi connectivity index (χ4n) is 3.54. The van der Waals surface area contributed by atoms with Crippen molar-refractivity contribution in [2.75, 3.05) is 13.1 Å². The van der Waals surface area contributed by atoms with Gasteiger partial charge in [0.05, 0.1) is 0 Å². The van der Waals surface area contributed by atoms with Crippen LogP contribution in [0, 0.1) is 6.92 Å². The molecular weight excluding hydrogens is 396 g/mol. The van der Waals surface area contributed by atoms with Gasteiger partial charge in [0.2, 0.25) is 0 Å². The number of aryl methyl sites for hydroxylation is 1. The van der Waals surface area contributed by atoms with Crippen LogP contribution >= 0.6 is 23.1 Å². The zero-order valence-corrected chi connectivity index (χ0v) is 17.0. The van der Waals surface area contributed by atoms with Crippen LogP contribution in [0.3, 0.4) is 0 Å². The summed E-state index contributed by atoms with van der Waals surface area (Å²) in [6.07, 6.45) is 0.844. The maximum absolute atomic E-state index is 13.1. The fraction of sp³-hybridized carbons (Fsp3) is 0.368. The Kier molecular flexibility index (Phi) is 5.11. The third kappa shape index (κ3) is 3.64. The van der Waals surface area contributed by atoms with E-state index in [0.29, 0.717) is 37.2 Å². The van der Waals surface area contributed by atoms with Crippen molar-refractivity contribution in [3.8, 4) is 0 Å². The summed E-state index contributed by atoms with van der Waals surface area (Å²) >= 11 is 3.23. The number of amides is 4. The van der Waals surface area contributed by atoms with Crippen LogP contribution in [0.1, 0.15) is 34.5 Å². The molecule has 0 unspecified atom stereocenters. The summed E-state index contributed by atoms with van der Waals surface area (Å²) in [4.78, 5) is 42.9. The number of thiazole rings is 1. The number of piperidine rings is 1. The molecule has 2 aromatic rings. The number of carbonyl (C=O) groups excluding carboxylic acids is 3. The highest BCUT2D eigenvalue weighted by Gasteiger charge is 2.48. The second-order valence-corrected chi connectivity index (χ2v) is 9.06. The molecule has 4 rings (SSSR count). The quantitative estimate of drug-likeness (QED) is 0.590. The van der Waals surface area contributed by atoms with E-state index in [4.69, 9.17) is 0 Å². The molecule has 0 aliphatic carbocycles. The Labute approximate surface area is 170 Å². The van der Waals surface area contributed by atoms with Gasteiger partial charge in [-0.25, -0.2) is 9.78 Å². The predicted octanol–water partition coefficient (Wildman–Crippen LogP) is 2.56. The molecule has 1 aromatic carbocycles. The highest BCUT2D eigenvalue weighted by molar-refractivity contribution is 8.00. The van der Waals surface area contributed by atoms with Gasteiger partial charge in [-0.05, 0) is 31.4 Å². The molecule has 2 aliphatic heterocycles. The van der Waals surface area contributed by atoms with Crippen LogP contribution in [-0.2, 0) is 10.5 Å². The van der Waals surface area contributed by atoms with Crippen molar-refractivity contribution in [2.24, 2.45) is 0 Å². The molecule has 7 nitrogen and oxygen atoms in total. The number of nitrogens with zero attached hydrogens (tertiary/aromatic N) is 2. The van der Waals surface area contributed by atoms with E-state index in [0.717, 1.165) is 15.6 Å². The minimum Gasteiger partial charge on any atom is -0.338 e. The van der Waals surface area contributed by atoms with Crippen LogP contribution < -0.4 is 10.6 Å². The minimum absolute atomic E-state index is 0.0360. The fourth-order valence-corrected chi connectivity index (χ4v) is 5.39. The standard InChI is InChI=1S/C19H20N4O3S2/c1-12-10-27-18(20-12)28-11-13-4-2-3-5-14(13)15(24)23-8-6-19(7-9-23)16(25)21-17(26)22-19/h2-5,10H,6-9,11H2,1H3,(H2,21,22,25,26). The number of nitrogens with one attached hydrogen (secondary N) is 2. The highest BCUT2D eigenvalue weighted by Crippen LogP contribution is 2.29. The summed E-state index contributed by atoms with van der Waals surface area (Å²) in [6, 6.07) is 7.16. The van der Waals surface area contributed by atoms with Gasteiger partial charge in [0, 0.05) is 35.5 Å². The topological polar surface area (TPSA) is 91.4 Å². The van der Waals surface area contributed by atoms with Crippen molar-refractivity contribution < 1.29 is 14.4 Å². The molecule has 9 heteroatoms. The molecule has 1 aromatic heterocycles. The minimum atomic E-state index is -0.869. The third-order valence-electron chi connectivity index (χ3n) is 5.12. The molecule has 0 atom stereocenters. The van der Waals surface area contributed by atoms with Crippen molar-refractivity contribution in [2.45, 2.75) is 35.4 Å². The molecule has 1 spiro atoms. The summed E-state index contributed by atoms with van der Waals surface area (Å²) in [6.45, 7) is 2.83. The number of aromatic nitrogens is 1. The van der Waals surface area contributed by atoms with Gasteiger partial charge in [-0.1, -0.05) is 30.0 Å². The van der Waals surface area contributed by atoms with Gasteiger partial charge in [-0.15, -0.1) is 11.3 Å². The number of urea groups is 1. The number of likely N-dealkylation sites (tertiary alicyclic amines) is 1. The Morgan fingerprint density at radius 2 is 2.04 bits per heavy atom. The summed E-state index contributed by atoms with van der Waals surface area (Å²) in [5, 5.41) is 7.03. The summed E-state index contributed by atoms with van der Waals surface area (Å²) in [5.41, 5.74) is 1.78. The summed E-state index contributed by atoms with van der Waals surface area (Å²) in [5.74, 6) is 0.344. The molecule has 2 N–H and O–H groups in total. The van der Waals surface area contributed by atoms with Gasteiger partial charge < -0.3 is 10.2 Å². The van der Waals surface area contributed by atoms with Gasteiger partial charge in [0.1, 0.15) is 9.88 Å². The number of rotatable bonds is 4. The van der Waals surface area contributed by atoms with Gasteiger partial charge in [0.15, 0.2) is 0 Å². The molecular formula is C19H20N4O3S2. The Morgan fingerprint density at radius 3 is 2.68 bits per heavy atom. The Hall–Kier alpha value is -2.39. The van der Waals surface area contributed by atoms with E-state index in [9.17, 15) is 14.4 Å². The third-order valence-corrected chi connectivity index (χ3v) is 7.30. The van der Waals surface area contributed by atoms with E-state index in [1.165, 1.54) is 0 Å². The first-order valence-corrected chi connectivity index (χ1v) is 10.9. The Bertz CT molecular complexity index is 935. The molecule has 2 fully saturated rings. The van der Waals surface area contributed by atoms with Crippen LogP contribution in [-0.4, -0.2) is 46.4 Å². The number of imide groups is 1. The van der Waals surface area contributed by atoms with E-state index in [-0.39, 0.29) is 11.8 Å². The lowest BCUT2D eigenvalue weighted by molar-refractivity contribution is -0.125. The molecule has 2 saturated heterocycles. The first kappa shape index (κ1) is 18.9. The van der Waals surface area contributed by atoms with E-state index in [1.54, 1.807) is 28.0 Å². The summed E-state index contributed by atoms with van der Waals surface area (Å²) in [7, 11) is 0. The maximum Gasteiger partial charge on any atom is 0.322 e. The normalized spacial score (nSPS) is 18.2. The van der Waals surface area contributed by atoms with Crippen molar-refractivity contribution in [1.82, 2.24) is 20.5 Å². The van der Waals surface area contributed by atoms with Crippen molar-refractivity contribution in [1.29, 1.82) is 0 Å². The van der Waals surface area contributed by atoms with Crippen LogP contribution in [0.5, 0.6) is 0 Å². The second-order valence-electron chi connectivity index (χ2n) is 6.98. The van der Waals surface area contributed by atoms with E-state index >= 15 is 0 Å². The van der Waals surface area contributed by atoms with Gasteiger partial charge in [0.25, 0.3) is 11.8 Å². The average Bonchev–Trinajstić information content (AvgIpc) is 3.23. The first-order chi connectivity index (χ1) is 13.5. The van der Waals surface area contributed by atoms with Crippen LogP contribution in [0.15, 0.2) is 34.0 Å². The number of hydrogen-bond donors (Lipinski definition) is 2. The lowest BCUT2D eigenvalue weighted by Gasteiger charge is -2.37. The number of benzene rings is 1. The molecule has 0 saturated carbocycles. The average molecular weight is 417 g/mol. The Balaban J connectivity index is 1.44. The maximum atomic E-state index is 13.1. The Morgan fingerprint density at radius 1 is 1.29 bits per heavy atom. The van der Waals surface area contributed by atoms with Crippen molar-refractivity contribution in [3.05, 3.63) is 46.5 Å². The SMILES string of the molecule is Cc1csc(SCc2ccccc2C(=O)N2CCC3(CC2)NC(=O)NC3=O)n1. The van der Waals surface area contributed by atoms with Crippen LogP contribution in [0.4, 0.5) is 4.79 Å². The van der Waals surface area contributed by atoms with E-state index < -0.39 is 11.6 Å². The number of hydrogen-bond acceptors (Lipinski definition) is 6. The molecule has 2 aliphatic rings. The van der Waals surface area contributed by atoms with E-state index in [1.807, 2.05) is 36.6 Å². The number of carbonyl (C=O) groups is 3. The summed E-state index contributed by atoms with van der Waals surface area (Å²) < 4.78 is 0.989. The van der Waals surface area contributed by atoms with Gasteiger partial charge >= 0.3 is 6.03 Å².